The van der Waals surface area contributed by atoms with Crippen LogP contribution in [0.4, 0.5) is 0 Å². The second-order valence-electron chi connectivity index (χ2n) is 6.78. The second kappa shape index (κ2) is 6.42. The van der Waals surface area contributed by atoms with Gasteiger partial charge in [-0.05, 0) is 24.0 Å². The molecular formula is C18H23NO5. The standard InChI is InChI=1S/C18H23NO5/c1-23-16(21)18(17(22)24-2)9-12-8-15(20)19(11-13(12)10-18)14-6-4-3-5-7-14/h8,11,14H,3-7,9-10H2,1-2H3. The van der Waals surface area contributed by atoms with E-state index < -0.39 is 17.4 Å². The van der Waals surface area contributed by atoms with E-state index in [1.165, 1.54) is 20.6 Å². The van der Waals surface area contributed by atoms with Gasteiger partial charge in [-0.2, -0.15) is 0 Å². The second-order valence-corrected chi connectivity index (χ2v) is 6.78. The third-order valence-electron chi connectivity index (χ3n) is 5.36. The van der Waals surface area contributed by atoms with Crippen LogP contribution in [0.5, 0.6) is 0 Å². The highest BCUT2D eigenvalue weighted by molar-refractivity contribution is 6.01. The number of rotatable bonds is 3. The summed E-state index contributed by atoms with van der Waals surface area (Å²) in [5, 5.41) is 0. The van der Waals surface area contributed by atoms with Gasteiger partial charge in [0.2, 0.25) is 0 Å². The van der Waals surface area contributed by atoms with Crippen LogP contribution in [0.15, 0.2) is 17.1 Å². The molecule has 24 heavy (non-hydrogen) atoms. The minimum absolute atomic E-state index is 0.0637. The lowest BCUT2D eigenvalue weighted by Gasteiger charge is -2.24. The first-order chi connectivity index (χ1) is 11.5. The van der Waals surface area contributed by atoms with E-state index in [9.17, 15) is 14.4 Å². The highest BCUT2D eigenvalue weighted by atomic mass is 16.5. The van der Waals surface area contributed by atoms with Crippen molar-refractivity contribution in [3.8, 4) is 0 Å². The van der Waals surface area contributed by atoms with Gasteiger partial charge in [0, 0.05) is 31.1 Å². The Labute approximate surface area is 140 Å². The molecule has 0 spiro atoms. The molecule has 0 saturated heterocycles. The van der Waals surface area contributed by atoms with E-state index in [0.29, 0.717) is 0 Å². The van der Waals surface area contributed by atoms with E-state index in [2.05, 4.69) is 0 Å². The summed E-state index contributed by atoms with van der Waals surface area (Å²) in [4.78, 5) is 37.0. The third-order valence-corrected chi connectivity index (χ3v) is 5.36. The predicted molar refractivity (Wildman–Crippen MR) is 86.7 cm³/mol. The number of hydrogen-bond acceptors (Lipinski definition) is 5. The number of methoxy groups -OCH3 is 2. The zero-order valence-corrected chi connectivity index (χ0v) is 14.2. The lowest BCUT2D eigenvalue weighted by Crippen LogP contribution is -2.42. The first kappa shape index (κ1) is 16.7. The van der Waals surface area contributed by atoms with Crippen molar-refractivity contribution in [3.63, 3.8) is 0 Å². The Morgan fingerprint density at radius 3 is 2.21 bits per heavy atom. The summed E-state index contributed by atoms with van der Waals surface area (Å²) < 4.78 is 11.5. The Balaban J connectivity index is 1.98. The highest BCUT2D eigenvalue weighted by Gasteiger charge is 2.52. The number of aromatic nitrogens is 1. The molecule has 1 heterocycles. The molecule has 2 aliphatic carbocycles. The normalized spacial score (nSPS) is 19.6. The van der Waals surface area contributed by atoms with Crippen LogP contribution >= 0.6 is 0 Å². The molecule has 0 aromatic carbocycles. The molecule has 3 rings (SSSR count). The van der Waals surface area contributed by atoms with Crippen molar-refractivity contribution >= 4 is 11.9 Å². The molecule has 0 atom stereocenters. The number of pyridine rings is 1. The lowest BCUT2D eigenvalue weighted by atomic mass is 9.85. The van der Waals surface area contributed by atoms with Gasteiger partial charge < -0.3 is 14.0 Å². The van der Waals surface area contributed by atoms with E-state index in [1.807, 2.05) is 6.20 Å². The van der Waals surface area contributed by atoms with Crippen LogP contribution in [-0.4, -0.2) is 30.7 Å². The van der Waals surface area contributed by atoms with Gasteiger partial charge in [0.15, 0.2) is 5.41 Å². The number of nitrogens with zero attached hydrogens (tertiary/aromatic N) is 1. The smallest absolute Gasteiger partial charge is 0.323 e. The number of esters is 2. The quantitative estimate of drug-likeness (QED) is 0.623. The molecule has 1 aromatic heterocycles. The van der Waals surface area contributed by atoms with Gasteiger partial charge in [-0.15, -0.1) is 0 Å². The number of fused-ring (bicyclic) bond motifs is 1. The van der Waals surface area contributed by atoms with E-state index in [-0.39, 0.29) is 24.4 Å². The Bertz CT molecular complexity index is 699. The van der Waals surface area contributed by atoms with Gasteiger partial charge in [-0.25, -0.2) is 0 Å². The molecule has 1 aromatic rings. The maximum Gasteiger partial charge on any atom is 0.323 e. The maximum absolute atomic E-state index is 12.5. The molecule has 0 aliphatic heterocycles. The highest BCUT2D eigenvalue weighted by Crippen LogP contribution is 2.39. The minimum atomic E-state index is -1.37. The number of carbonyl (C=O) groups is 2. The van der Waals surface area contributed by atoms with Crippen LogP contribution in [0.1, 0.15) is 49.3 Å². The molecule has 6 heteroatoms. The molecule has 0 radical (unpaired) electrons. The zero-order chi connectivity index (χ0) is 17.3. The topological polar surface area (TPSA) is 74.6 Å². The summed E-state index contributed by atoms with van der Waals surface area (Å²) in [6, 6.07) is 1.78. The van der Waals surface area contributed by atoms with Crippen LogP contribution in [0.25, 0.3) is 0 Å². The maximum atomic E-state index is 12.5. The van der Waals surface area contributed by atoms with E-state index in [1.54, 1.807) is 10.6 Å². The fraction of sp³-hybridized carbons (Fsp3) is 0.611. The van der Waals surface area contributed by atoms with E-state index in [0.717, 1.165) is 36.8 Å². The molecule has 1 fully saturated rings. The third kappa shape index (κ3) is 2.64. The molecule has 0 unspecified atom stereocenters. The number of carbonyl (C=O) groups excluding carboxylic acids is 2. The Kier molecular flexibility index (Phi) is 4.47. The minimum Gasteiger partial charge on any atom is -0.468 e. The predicted octanol–water partition coefficient (Wildman–Crippen LogP) is 1.78. The number of hydrogen-bond donors (Lipinski definition) is 0. The molecule has 6 nitrogen and oxygen atoms in total. The van der Waals surface area contributed by atoms with Gasteiger partial charge in [0.05, 0.1) is 14.2 Å². The lowest BCUT2D eigenvalue weighted by molar-refractivity contribution is -0.168. The van der Waals surface area contributed by atoms with Crippen LogP contribution in [0, 0.1) is 5.41 Å². The van der Waals surface area contributed by atoms with Gasteiger partial charge in [-0.1, -0.05) is 19.3 Å². The van der Waals surface area contributed by atoms with Crippen molar-refractivity contribution in [1.29, 1.82) is 0 Å². The Morgan fingerprint density at radius 1 is 1.04 bits per heavy atom. The molecule has 0 N–H and O–H groups in total. The molecule has 0 bridgehead atoms. The average Bonchev–Trinajstić information content (AvgIpc) is 2.99. The summed E-state index contributed by atoms with van der Waals surface area (Å²) in [6.45, 7) is 0. The van der Waals surface area contributed by atoms with Crippen molar-refractivity contribution in [2.45, 2.75) is 51.0 Å². The summed E-state index contributed by atoms with van der Waals surface area (Å²) in [7, 11) is 2.52. The van der Waals surface area contributed by atoms with Gasteiger partial charge in [-0.3, -0.25) is 14.4 Å². The van der Waals surface area contributed by atoms with Crippen molar-refractivity contribution in [1.82, 2.24) is 4.57 Å². The summed E-state index contributed by atoms with van der Waals surface area (Å²) in [6.07, 6.45) is 7.67. The monoisotopic (exact) mass is 333 g/mol. The van der Waals surface area contributed by atoms with Crippen molar-refractivity contribution in [2.24, 2.45) is 5.41 Å². The molecule has 0 amide bonds. The van der Waals surface area contributed by atoms with Crippen molar-refractivity contribution < 1.29 is 19.1 Å². The summed E-state index contributed by atoms with van der Waals surface area (Å²) in [5.41, 5.74) is 0.161. The Morgan fingerprint density at radius 2 is 1.62 bits per heavy atom. The average molecular weight is 333 g/mol. The SMILES string of the molecule is COC(=O)C1(C(=O)OC)Cc2cc(=O)n(C3CCCCC3)cc2C1. The van der Waals surface area contributed by atoms with Gasteiger partial charge in [0.1, 0.15) is 0 Å². The van der Waals surface area contributed by atoms with E-state index >= 15 is 0 Å². The first-order valence-corrected chi connectivity index (χ1v) is 8.42. The molecular weight excluding hydrogens is 310 g/mol. The first-order valence-electron chi connectivity index (χ1n) is 8.42. The van der Waals surface area contributed by atoms with Crippen LogP contribution in [-0.2, 0) is 31.9 Å². The van der Waals surface area contributed by atoms with E-state index in [4.69, 9.17) is 9.47 Å². The Hall–Kier alpha value is -2.11. The fourth-order valence-electron chi connectivity index (χ4n) is 4.07. The summed E-state index contributed by atoms with van der Waals surface area (Å²) >= 11 is 0. The largest absolute Gasteiger partial charge is 0.468 e. The molecule has 130 valence electrons. The van der Waals surface area contributed by atoms with Gasteiger partial charge in [0.25, 0.3) is 5.56 Å². The molecule has 1 saturated carbocycles. The van der Waals surface area contributed by atoms with Crippen LogP contribution < -0.4 is 5.56 Å². The van der Waals surface area contributed by atoms with Crippen LogP contribution in [0.2, 0.25) is 0 Å². The van der Waals surface area contributed by atoms with Crippen LogP contribution in [0.3, 0.4) is 0 Å². The van der Waals surface area contributed by atoms with Crippen molar-refractivity contribution in [2.75, 3.05) is 14.2 Å². The summed E-state index contributed by atoms with van der Waals surface area (Å²) in [5.74, 6) is -1.22. The zero-order valence-electron chi connectivity index (χ0n) is 14.2. The van der Waals surface area contributed by atoms with Gasteiger partial charge >= 0.3 is 11.9 Å². The van der Waals surface area contributed by atoms with Crippen molar-refractivity contribution in [3.05, 3.63) is 33.7 Å². The fourth-order valence-corrected chi connectivity index (χ4v) is 4.07. The number of ether oxygens (including phenoxy) is 2. The molecule has 2 aliphatic rings.